The van der Waals surface area contributed by atoms with Gasteiger partial charge in [-0.3, -0.25) is 10.2 Å². The summed E-state index contributed by atoms with van der Waals surface area (Å²) in [7, 11) is 0. The predicted molar refractivity (Wildman–Crippen MR) is 88.3 cm³/mol. The van der Waals surface area contributed by atoms with Crippen LogP contribution in [0.1, 0.15) is 27.2 Å². The van der Waals surface area contributed by atoms with Gasteiger partial charge in [0.25, 0.3) is 0 Å². The number of piperazine rings is 1. The first-order valence-electron chi connectivity index (χ1n) is 7.96. The van der Waals surface area contributed by atoms with E-state index in [0.29, 0.717) is 18.4 Å². The Balaban J connectivity index is 1.93. The van der Waals surface area contributed by atoms with E-state index in [1.54, 1.807) is 0 Å². The Morgan fingerprint density at radius 3 is 2.64 bits per heavy atom. The van der Waals surface area contributed by atoms with Crippen LogP contribution in [0.2, 0.25) is 0 Å². The van der Waals surface area contributed by atoms with Gasteiger partial charge in [-0.2, -0.15) is 0 Å². The second-order valence-corrected chi connectivity index (χ2v) is 5.76. The van der Waals surface area contributed by atoms with Crippen molar-refractivity contribution in [1.82, 2.24) is 20.2 Å². The van der Waals surface area contributed by atoms with Gasteiger partial charge in [-0.05, 0) is 20.3 Å². The summed E-state index contributed by atoms with van der Waals surface area (Å²) < 4.78 is 0. The van der Waals surface area contributed by atoms with Crippen molar-refractivity contribution in [3.63, 3.8) is 0 Å². The van der Waals surface area contributed by atoms with Crippen molar-refractivity contribution >= 4 is 17.7 Å². The van der Waals surface area contributed by atoms with E-state index in [9.17, 15) is 4.79 Å². The van der Waals surface area contributed by atoms with E-state index in [1.807, 2.05) is 13.0 Å². The molecule has 0 aliphatic carbocycles. The fourth-order valence-electron chi connectivity index (χ4n) is 2.45. The summed E-state index contributed by atoms with van der Waals surface area (Å²) in [5, 5.41) is 5.51. The van der Waals surface area contributed by atoms with E-state index in [0.717, 1.165) is 38.4 Å². The maximum Gasteiger partial charge on any atom is 0.320 e. The standard InChI is InChI=1S/C15H26N6O/c1-4-5-16-15(22)19-13-10-14(18-11-17-13)21-8-6-20(7-9-21)12(2)3/h10-12H,4-9H2,1-3H3,(H2,16,17,18,19,22). The molecule has 122 valence electrons. The largest absolute Gasteiger partial charge is 0.354 e. The zero-order valence-corrected chi connectivity index (χ0v) is 13.7. The molecular weight excluding hydrogens is 280 g/mol. The maximum atomic E-state index is 11.7. The smallest absolute Gasteiger partial charge is 0.320 e. The van der Waals surface area contributed by atoms with E-state index in [-0.39, 0.29) is 6.03 Å². The maximum absolute atomic E-state index is 11.7. The first kappa shape index (κ1) is 16.5. The van der Waals surface area contributed by atoms with Crippen LogP contribution >= 0.6 is 0 Å². The third kappa shape index (κ3) is 4.56. The van der Waals surface area contributed by atoms with Crippen LogP contribution in [0.3, 0.4) is 0 Å². The lowest BCUT2D eigenvalue weighted by molar-refractivity contribution is 0.209. The zero-order chi connectivity index (χ0) is 15.9. The minimum atomic E-state index is -0.226. The molecule has 2 N–H and O–H groups in total. The van der Waals surface area contributed by atoms with E-state index >= 15 is 0 Å². The van der Waals surface area contributed by atoms with Crippen LogP contribution in [-0.2, 0) is 0 Å². The Labute approximate surface area is 132 Å². The molecule has 1 aromatic rings. The molecule has 0 radical (unpaired) electrons. The average molecular weight is 306 g/mol. The molecule has 1 fully saturated rings. The molecule has 0 spiro atoms. The molecular formula is C15H26N6O. The minimum Gasteiger partial charge on any atom is -0.354 e. The molecule has 7 heteroatoms. The molecule has 1 aromatic heterocycles. The Bertz CT molecular complexity index is 485. The van der Waals surface area contributed by atoms with E-state index in [1.165, 1.54) is 6.33 Å². The van der Waals surface area contributed by atoms with E-state index in [4.69, 9.17) is 0 Å². The molecule has 2 rings (SSSR count). The van der Waals surface area contributed by atoms with Crippen molar-refractivity contribution in [2.45, 2.75) is 33.2 Å². The summed E-state index contributed by atoms with van der Waals surface area (Å²) in [5.74, 6) is 1.40. The Morgan fingerprint density at radius 2 is 2.00 bits per heavy atom. The number of anilines is 2. The lowest BCUT2D eigenvalue weighted by Crippen LogP contribution is -2.49. The number of rotatable bonds is 5. The van der Waals surface area contributed by atoms with Gasteiger partial charge in [-0.25, -0.2) is 14.8 Å². The number of amides is 2. The molecule has 2 heterocycles. The van der Waals surface area contributed by atoms with Crippen LogP contribution in [-0.4, -0.2) is 59.7 Å². The number of aromatic nitrogens is 2. The lowest BCUT2D eigenvalue weighted by Gasteiger charge is -2.37. The highest BCUT2D eigenvalue weighted by Gasteiger charge is 2.20. The Hall–Kier alpha value is -1.89. The number of hydrogen-bond acceptors (Lipinski definition) is 5. The molecule has 0 atom stereocenters. The molecule has 1 saturated heterocycles. The molecule has 2 amide bonds. The van der Waals surface area contributed by atoms with Gasteiger partial charge >= 0.3 is 6.03 Å². The third-order valence-corrected chi connectivity index (χ3v) is 3.80. The molecule has 1 aliphatic rings. The highest BCUT2D eigenvalue weighted by Crippen LogP contribution is 2.17. The highest BCUT2D eigenvalue weighted by atomic mass is 16.2. The Kier molecular flexibility index (Phi) is 5.94. The van der Waals surface area contributed by atoms with Crippen molar-refractivity contribution in [3.05, 3.63) is 12.4 Å². The van der Waals surface area contributed by atoms with Gasteiger partial charge in [0.05, 0.1) is 0 Å². The number of nitrogens with one attached hydrogen (secondary N) is 2. The van der Waals surface area contributed by atoms with Gasteiger partial charge in [0.1, 0.15) is 18.0 Å². The second-order valence-electron chi connectivity index (χ2n) is 5.76. The van der Waals surface area contributed by atoms with Crippen LogP contribution in [0.4, 0.5) is 16.4 Å². The number of hydrogen-bond donors (Lipinski definition) is 2. The van der Waals surface area contributed by atoms with Gasteiger partial charge in [0, 0.05) is 44.8 Å². The summed E-state index contributed by atoms with van der Waals surface area (Å²) in [6, 6.07) is 2.18. The molecule has 7 nitrogen and oxygen atoms in total. The first-order chi connectivity index (χ1) is 10.6. The third-order valence-electron chi connectivity index (χ3n) is 3.80. The predicted octanol–water partition coefficient (Wildman–Crippen LogP) is 1.54. The quantitative estimate of drug-likeness (QED) is 0.863. The van der Waals surface area contributed by atoms with Crippen LogP contribution in [0, 0.1) is 0 Å². The van der Waals surface area contributed by atoms with Gasteiger partial charge in [0.15, 0.2) is 0 Å². The molecule has 0 unspecified atom stereocenters. The fraction of sp³-hybridized carbons (Fsp3) is 0.667. The van der Waals surface area contributed by atoms with Gasteiger partial charge in [-0.1, -0.05) is 6.92 Å². The number of nitrogens with zero attached hydrogens (tertiary/aromatic N) is 4. The van der Waals surface area contributed by atoms with Gasteiger partial charge < -0.3 is 10.2 Å². The van der Waals surface area contributed by atoms with Crippen molar-refractivity contribution in [2.24, 2.45) is 0 Å². The van der Waals surface area contributed by atoms with E-state index in [2.05, 4.69) is 44.2 Å². The SMILES string of the molecule is CCCNC(=O)Nc1cc(N2CCN(C(C)C)CC2)ncn1. The fourth-order valence-corrected chi connectivity index (χ4v) is 2.45. The number of carbonyl (C=O) groups excluding carboxylic acids is 1. The van der Waals surface area contributed by atoms with Crippen molar-refractivity contribution in [1.29, 1.82) is 0 Å². The first-order valence-corrected chi connectivity index (χ1v) is 7.96. The monoisotopic (exact) mass is 306 g/mol. The normalized spacial score (nSPS) is 15.9. The number of urea groups is 1. The molecule has 0 bridgehead atoms. The van der Waals surface area contributed by atoms with Crippen molar-refractivity contribution < 1.29 is 4.79 Å². The van der Waals surface area contributed by atoms with Crippen LogP contribution in [0.15, 0.2) is 12.4 Å². The average Bonchev–Trinajstić information content (AvgIpc) is 2.53. The van der Waals surface area contributed by atoms with Gasteiger partial charge in [0.2, 0.25) is 0 Å². The van der Waals surface area contributed by atoms with Crippen molar-refractivity contribution in [2.75, 3.05) is 42.9 Å². The number of carbonyl (C=O) groups is 1. The molecule has 0 aromatic carbocycles. The highest BCUT2D eigenvalue weighted by molar-refractivity contribution is 5.88. The molecule has 1 aliphatic heterocycles. The Morgan fingerprint density at radius 1 is 1.27 bits per heavy atom. The van der Waals surface area contributed by atoms with E-state index < -0.39 is 0 Å². The summed E-state index contributed by atoms with van der Waals surface area (Å²) in [5.41, 5.74) is 0. The van der Waals surface area contributed by atoms with Crippen LogP contribution in [0.5, 0.6) is 0 Å². The summed E-state index contributed by atoms with van der Waals surface area (Å²) in [4.78, 5) is 24.8. The summed E-state index contributed by atoms with van der Waals surface area (Å²) in [6.45, 7) is 11.0. The summed E-state index contributed by atoms with van der Waals surface area (Å²) in [6.07, 6.45) is 2.40. The molecule has 0 saturated carbocycles. The zero-order valence-electron chi connectivity index (χ0n) is 13.7. The van der Waals surface area contributed by atoms with Crippen LogP contribution in [0.25, 0.3) is 0 Å². The van der Waals surface area contributed by atoms with Crippen molar-refractivity contribution in [3.8, 4) is 0 Å². The van der Waals surface area contributed by atoms with Crippen LogP contribution < -0.4 is 15.5 Å². The molecule has 22 heavy (non-hydrogen) atoms. The minimum absolute atomic E-state index is 0.226. The topological polar surface area (TPSA) is 73.4 Å². The summed E-state index contributed by atoms with van der Waals surface area (Å²) >= 11 is 0. The second kappa shape index (κ2) is 7.93. The lowest BCUT2D eigenvalue weighted by atomic mass is 10.2. The van der Waals surface area contributed by atoms with Gasteiger partial charge in [-0.15, -0.1) is 0 Å².